The first-order chi connectivity index (χ1) is 9.08. The zero-order valence-corrected chi connectivity index (χ0v) is 12.1. The van der Waals surface area contributed by atoms with Crippen LogP contribution in [-0.4, -0.2) is 23.9 Å². The Labute approximate surface area is 120 Å². The number of halogens is 1. The summed E-state index contributed by atoms with van der Waals surface area (Å²) in [7, 11) is 5.96. The maximum absolute atomic E-state index is 6.13. The number of hydrogen-bond acceptors (Lipinski definition) is 4. The normalized spacial score (nSPS) is 18.8. The van der Waals surface area contributed by atoms with E-state index in [9.17, 15) is 0 Å². The van der Waals surface area contributed by atoms with Crippen LogP contribution in [0.25, 0.3) is 0 Å². The van der Waals surface area contributed by atoms with Crippen LogP contribution in [0.5, 0.6) is 0 Å². The van der Waals surface area contributed by atoms with Crippen LogP contribution in [0.1, 0.15) is 56.8 Å². The summed E-state index contributed by atoms with van der Waals surface area (Å²) in [4.78, 5) is 8.25. The van der Waals surface area contributed by atoms with Gasteiger partial charge < -0.3 is 11.1 Å². The van der Waals surface area contributed by atoms with Crippen molar-refractivity contribution in [2.24, 2.45) is 0 Å². The fourth-order valence-electron chi connectivity index (χ4n) is 2.59. The van der Waals surface area contributed by atoms with Gasteiger partial charge in [-0.25, -0.2) is 4.98 Å². The highest BCUT2D eigenvalue weighted by molar-refractivity contribution is 6.31. The predicted molar refractivity (Wildman–Crippen MR) is 80.7 cm³/mol. The number of nitrogens with two attached hydrogens (primary N) is 1. The van der Waals surface area contributed by atoms with E-state index < -0.39 is 0 Å². The Morgan fingerprint density at radius 1 is 1.26 bits per heavy atom. The molecule has 4 nitrogen and oxygen atoms in total. The van der Waals surface area contributed by atoms with Crippen molar-refractivity contribution in [1.29, 1.82) is 0 Å². The van der Waals surface area contributed by atoms with E-state index in [1.165, 1.54) is 25.7 Å². The second kappa shape index (κ2) is 6.46. The second-order valence-electron chi connectivity index (χ2n) is 5.26. The number of nitrogens with one attached hydrogen (secondary N) is 1. The standard InChI is InChI=1S/C13H20BClN4/c1-8(14)10-11(15)18-13(16)19-12(10)17-9-6-4-2-3-5-7-9/h8-9H,2-7H2,1H3,(H3,16,17,18,19). The SMILES string of the molecule is [B]C(C)c1c(Cl)nc(N)nc1NC1CCCCCC1. The second-order valence-corrected chi connectivity index (χ2v) is 5.61. The van der Waals surface area contributed by atoms with E-state index in [1.807, 2.05) is 6.92 Å². The fraction of sp³-hybridized carbons (Fsp3) is 0.692. The number of nitrogens with zero attached hydrogens (tertiary/aromatic N) is 2. The highest BCUT2D eigenvalue weighted by Gasteiger charge is 2.19. The van der Waals surface area contributed by atoms with Gasteiger partial charge in [0.25, 0.3) is 0 Å². The number of aromatic nitrogens is 2. The molecular formula is C13H20BClN4. The molecule has 1 unspecified atom stereocenters. The lowest BCUT2D eigenvalue weighted by Crippen LogP contribution is -2.21. The summed E-state index contributed by atoms with van der Waals surface area (Å²) in [5.74, 6) is 0.659. The number of anilines is 2. The fourth-order valence-corrected chi connectivity index (χ4v) is 2.94. The molecule has 3 N–H and O–H groups in total. The maximum atomic E-state index is 6.13. The Balaban J connectivity index is 2.22. The van der Waals surface area contributed by atoms with E-state index in [0.717, 1.165) is 18.4 Å². The van der Waals surface area contributed by atoms with Gasteiger partial charge in [-0.3, -0.25) is 0 Å². The van der Waals surface area contributed by atoms with Crippen LogP contribution < -0.4 is 11.1 Å². The highest BCUT2D eigenvalue weighted by Crippen LogP contribution is 2.30. The summed E-state index contributed by atoms with van der Waals surface area (Å²) in [5, 5.41) is 3.80. The predicted octanol–water partition coefficient (Wildman–Crippen LogP) is 3.08. The lowest BCUT2D eigenvalue weighted by atomic mass is 9.83. The zero-order chi connectivity index (χ0) is 13.8. The van der Waals surface area contributed by atoms with Crippen LogP contribution in [-0.2, 0) is 0 Å². The summed E-state index contributed by atoms with van der Waals surface area (Å²) in [6, 6.07) is 0.422. The Morgan fingerprint density at radius 2 is 1.89 bits per heavy atom. The van der Waals surface area contributed by atoms with E-state index in [0.29, 0.717) is 17.0 Å². The molecule has 1 heterocycles. The van der Waals surface area contributed by atoms with Crippen LogP contribution in [0.15, 0.2) is 0 Å². The third kappa shape index (κ3) is 3.75. The molecular weight excluding hydrogens is 258 g/mol. The molecule has 0 bridgehead atoms. The number of nitrogen functional groups attached to an aromatic ring is 1. The van der Waals surface area contributed by atoms with E-state index in [-0.39, 0.29) is 11.8 Å². The van der Waals surface area contributed by atoms with Crippen LogP contribution in [0.3, 0.4) is 0 Å². The summed E-state index contributed by atoms with van der Waals surface area (Å²) < 4.78 is 0. The molecule has 0 aliphatic heterocycles. The van der Waals surface area contributed by atoms with Crippen molar-refractivity contribution in [1.82, 2.24) is 9.97 Å². The van der Waals surface area contributed by atoms with Gasteiger partial charge in [0.05, 0.1) is 7.85 Å². The van der Waals surface area contributed by atoms with Crippen molar-refractivity contribution < 1.29 is 0 Å². The van der Waals surface area contributed by atoms with Gasteiger partial charge in [0.1, 0.15) is 11.0 Å². The topological polar surface area (TPSA) is 63.8 Å². The van der Waals surface area contributed by atoms with Crippen LogP contribution in [0.2, 0.25) is 5.15 Å². The van der Waals surface area contributed by atoms with E-state index in [1.54, 1.807) is 0 Å². The molecule has 2 radical (unpaired) electrons. The van der Waals surface area contributed by atoms with Crippen LogP contribution in [0, 0.1) is 0 Å². The molecule has 0 aromatic carbocycles. The van der Waals surface area contributed by atoms with E-state index >= 15 is 0 Å². The molecule has 1 fully saturated rings. The molecule has 1 aromatic rings. The van der Waals surface area contributed by atoms with Crippen molar-refractivity contribution >= 4 is 31.2 Å². The van der Waals surface area contributed by atoms with Gasteiger partial charge in [0.2, 0.25) is 5.95 Å². The lowest BCUT2D eigenvalue weighted by Gasteiger charge is -2.21. The number of rotatable bonds is 3. The summed E-state index contributed by atoms with van der Waals surface area (Å²) in [5.41, 5.74) is 6.43. The first-order valence-corrected chi connectivity index (χ1v) is 7.30. The van der Waals surface area contributed by atoms with Crippen molar-refractivity contribution in [2.45, 2.75) is 57.3 Å². The Morgan fingerprint density at radius 3 is 2.47 bits per heavy atom. The van der Waals surface area contributed by atoms with Gasteiger partial charge in [-0.2, -0.15) is 4.98 Å². The lowest BCUT2D eigenvalue weighted by molar-refractivity contribution is 0.616. The molecule has 1 aliphatic rings. The molecule has 0 amide bonds. The van der Waals surface area contributed by atoms with Gasteiger partial charge in [-0.05, 0) is 18.7 Å². The van der Waals surface area contributed by atoms with Crippen molar-refractivity contribution in [3.05, 3.63) is 10.7 Å². The third-order valence-corrected chi connectivity index (χ3v) is 3.86. The average Bonchev–Trinajstić information content (AvgIpc) is 2.56. The monoisotopic (exact) mass is 278 g/mol. The smallest absolute Gasteiger partial charge is 0.223 e. The van der Waals surface area contributed by atoms with E-state index in [2.05, 4.69) is 15.3 Å². The minimum absolute atomic E-state index is 0.186. The van der Waals surface area contributed by atoms with Gasteiger partial charge in [-0.15, -0.1) is 0 Å². The summed E-state index contributed by atoms with van der Waals surface area (Å²) in [6.07, 6.45) is 7.43. The third-order valence-electron chi connectivity index (χ3n) is 3.57. The van der Waals surface area contributed by atoms with Crippen molar-refractivity contribution in [3.8, 4) is 0 Å². The molecule has 1 aromatic heterocycles. The average molecular weight is 279 g/mol. The molecule has 102 valence electrons. The van der Waals surface area contributed by atoms with Gasteiger partial charge in [0.15, 0.2) is 0 Å². The van der Waals surface area contributed by atoms with Crippen LogP contribution in [0.4, 0.5) is 11.8 Å². The molecule has 0 spiro atoms. The Hall–Kier alpha value is -0.965. The van der Waals surface area contributed by atoms with Crippen molar-refractivity contribution in [3.63, 3.8) is 0 Å². The van der Waals surface area contributed by atoms with Crippen LogP contribution >= 0.6 is 11.6 Å². The summed E-state index contributed by atoms with van der Waals surface area (Å²) in [6.45, 7) is 1.87. The molecule has 1 aliphatic carbocycles. The molecule has 2 rings (SSSR count). The molecule has 0 saturated heterocycles. The van der Waals surface area contributed by atoms with Crippen molar-refractivity contribution in [2.75, 3.05) is 11.1 Å². The highest BCUT2D eigenvalue weighted by atomic mass is 35.5. The van der Waals surface area contributed by atoms with Gasteiger partial charge >= 0.3 is 0 Å². The zero-order valence-electron chi connectivity index (χ0n) is 11.3. The molecule has 6 heteroatoms. The minimum atomic E-state index is -0.221. The first-order valence-electron chi connectivity index (χ1n) is 6.93. The largest absolute Gasteiger partial charge is 0.368 e. The van der Waals surface area contributed by atoms with Gasteiger partial charge in [0, 0.05) is 11.6 Å². The Kier molecular flexibility index (Phi) is 4.91. The quantitative estimate of drug-likeness (QED) is 0.507. The summed E-state index contributed by atoms with van der Waals surface area (Å²) >= 11 is 6.13. The first kappa shape index (κ1) is 14.4. The molecule has 19 heavy (non-hydrogen) atoms. The minimum Gasteiger partial charge on any atom is -0.368 e. The molecule has 1 saturated carbocycles. The molecule has 1 atom stereocenters. The van der Waals surface area contributed by atoms with E-state index in [4.69, 9.17) is 25.2 Å². The number of hydrogen-bond donors (Lipinski definition) is 2. The van der Waals surface area contributed by atoms with Gasteiger partial charge in [-0.1, -0.05) is 44.2 Å². The maximum Gasteiger partial charge on any atom is 0.223 e. The Bertz CT molecular complexity index is 431.